The van der Waals surface area contributed by atoms with E-state index in [9.17, 15) is 9.59 Å². The van der Waals surface area contributed by atoms with Crippen LogP contribution in [0.15, 0.2) is 60.8 Å². The number of carbonyl (C=O) groups excluding carboxylic acids is 2. The van der Waals surface area contributed by atoms with E-state index in [0.717, 1.165) is 16.8 Å². The van der Waals surface area contributed by atoms with Crippen LogP contribution in [0.2, 0.25) is 5.02 Å². The van der Waals surface area contributed by atoms with Gasteiger partial charge in [-0.3, -0.25) is 14.3 Å². The summed E-state index contributed by atoms with van der Waals surface area (Å²) in [4.78, 5) is 30.1. The van der Waals surface area contributed by atoms with Crippen LogP contribution >= 0.6 is 11.6 Å². The van der Waals surface area contributed by atoms with E-state index in [1.807, 2.05) is 50.5 Å². The fourth-order valence-electron chi connectivity index (χ4n) is 4.70. The number of aryl methyl sites for hydroxylation is 3. The maximum atomic E-state index is 13.4. The third kappa shape index (κ3) is 7.36. The molecule has 2 heterocycles. The minimum absolute atomic E-state index is 0.0255. The monoisotopic (exact) mass is 538 g/mol. The lowest BCUT2D eigenvalue weighted by atomic mass is 9.96. The molecule has 2 amide bonds. The Balaban J connectivity index is 1.46. The number of nitrogens with zero attached hydrogens (tertiary/aromatic N) is 4. The van der Waals surface area contributed by atoms with E-state index in [-0.39, 0.29) is 31.4 Å². The summed E-state index contributed by atoms with van der Waals surface area (Å²) in [5, 5.41) is 4.98. The van der Waals surface area contributed by atoms with Gasteiger partial charge in [-0.15, -0.1) is 0 Å². The first-order valence-electron chi connectivity index (χ1n) is 12.8. The molecule has 0 spiro atoms. The van der Waals surface area contributed by atoms with Crippen molar-refractivity contribution in [2.45, 2.75) is 38.3 Å². The molecule has 1 saturated heterocycles. The van der Waals surface area contributed by atoms with Crippen LogP contribution in [0.5, 0.6) is 5.75 Å². The normalized spacial score (nSPS) is 17.3. The van der Waals surface area contributed by atoms with Crippen molar-refractivity contribution in [3.8, 4) is 5.75 Å². The molecule has 1 aliphatic rings. The lowest BCUT2D eigenvalue weighted by molar-refractivity contribution is -0.165. The second-order valence-electron chi connectivity index (χ2n) is 9.91. The lowest BCUT2D eigenvalue weighted by Crippen LogP contribution is -2.58. The third-order valence-corrected chi connectivity index (χ3v) is 7.05. The minimum Gasteiger partial charge on any atom is -0.490 e. The fraction of sp³-hybridized carbons (Fsp3) is 0.414. The van der Waals surface area contributed by atoms with Gasteiger partial charge in [-0.2, -0.15) is 5.10 Å². The SMILES string of the molecule is Cc1nn(C)cc1CCC(=O)N1CCO[C@](COc2ccc(Cl)cc2)(CC(=O)N(C)Cc2ccccc2)C1. The molecule has 0 saturated carbocycles. The molecule has 0 aliphatic carbocycles. The molecule has 0 N–H and O–H groups in total. The topological polar surface area (TPSA) is 76.9 Å². The van der Waals surface area contributed by atoms with E-state index >= 15 is 0 Å². The van der Waals surface area contributed by atoms with Crippen LogP contribution in [0.25, 0.3) is 0 Å². The van der Waals surface area contributed by atoms with Gasteiger partial charge >= 0.3 is 0 Å². The molecular weight excluding hydrogens is 504 g/mol. The molecule has 3 aromatic rings. The van der Waals surface area contributed by atoms with Crippen LogP contribution in [0, 0.1) is 6.92 Å². The van der Waals surface area contributed by atoms with Crippen molar-refractivity contribution < 1.29 is 19.1 Å². The van der Waals surface area contributed by atoms with Gasteiger partial charge in [0.1, 0.15) is 18.0 Å². The van der Waals surface area contributed by atoms with E-state index in [1.165, 1.54) is 0 Å². The van der Waals surface area contributed by atoms with Gasteiger partial charge in [0, 0.05) is 44.8 Å². The molecule has 38 heavy (non-hydrogen) atoms. The van der Waals surface area contributed by atoms with Gasteiger partial charge in [0.2, 0.25) is 11.8 Å². The van der Waals surface area contributed by atoms with E-state index in [0.29, 0.717) is 43.3 Å². The van der Waals surface area contributed by atoms with Crippen molar-refractivity contribution >= 4 is 23.4 Å². The maximum absolute atomic E-state index is 13.4. The Bertz CT molecular complexity index is 1230. The molecule has 0 bridgehead atoms. The Morgan fingerprint density at radius 2 is 1.89 bits per heavy atom. The zero-order valence-electron chi connectivity index (χ0n) is 22.2. The maximum Gasteiger partial charge on any atom is 0.225 e. The van der Waals surface area contributed by atoms with Crippen LogP contribution in [-0.4, -0.2) is 70.3 Å². The largest absolute Gasteiger partial charge is 0.490 e. The number of carbonyl (C=O) groups is 2. The number of rotatable bonds is 10. The summed E-state index contributed by atoms with van der Waals surface area (Å²) < 4.78 is 14.1. The van der Waals surface area contributed by atoms with Crippen molar-refractivity contribution in [3.63, 3.8) is 0 Å². The first kappa shape index (κ1) is 27.7. The molecule has 0 radical (unpaired) electrons. The molecular formula is C29H35ClN4O4. The second kappa shape index (κ2) is 12.5. The van der Waals surface area contributed by atoms with E-state index in [2.05, 4.69) is 5.10 Å². The lowest BCUT2D eigenvalue weighted by Gasteiger charge is -2.42. The van der Waals surface area contributed by atoms with Crippen LogP contribution in [-0.2, 0) is 34.3 Å². The molecule has 1 fully saturated rings. The third-order valence-electron chi connectivity index (χ3n) is 6.80. The Labute approximate surface area is 229 Å². The van der Waals surface area contributed by atoms with Crippen LogP contribution in [0.3, 0.4) is 0 Å². The molecule has 8 nitrogen and oxygen atoms in total. The second-order valence-corrected chi connectivity index (χ2v) is 10.4. The van der Waals surface area contributed by atoms with Gasteiger partial charge in [0.25, 0.3) is 0 Å². The molecule has 2 aromatic carbocycles. The van der Waals surface area contributed by atoms with Crippen molar-refractivity contribution in [2.24, 2.45) is 7.05 Å². The van der Waals surface area contributed by atoms with Gasteiger partial charge in [-0.05, 0) is 48.7 Å². The van der Waals surface area contributed by atoms with Crippen molar-refractivity contribution in [2.75, 3.05) is 33.4 Å². The number of hydrogen-bond acceptors (Lipinski definition) is 5. The highest BCUT2D eigenvalue weighted by molar-refractivity contribution is 6.30. The summed E-state index contributed by atoms with van der Waals surface area (Å²) in [6.45, 7) is 3.65. The van der Waals surface area contributed by atoms with Gasteiger partial charge in [-0.1, -0.05) is 41.9 Å². The van der Waals surface area contributed by atoms with Gasteiger partial charge in [-0.25, -0.2) is 0 Å². The highest BCUT2D eigenvalue weighted by Gasteiger charge is 2.42. The van der Waals surface area contributed by atoms with Crippen LogP contribution in [0.4, 0.5) is 0 Å². The highest BCUT2D eigenvalue weighted by Crippen LogP contribution is 2.27. The summed E-state index contributed by atoms with van der Waals surface area (Å²) >= 11 is 6.02. The summed E-state index contributed by atoms with van der Waals surface area (Å²) in [6.07, 6.45) is 3.02. The first-order valence-corrected chi connectivity index (χ1v) is 13.2. The molecule has 9 heteroatoms. The molecule has 202 valence electrons. The summed E-state index contributed by atoms with van der Waals surface area (Å²) in [6, 6.07) is 16.9. The van der Waals surface area contributed by atoms with Crippen molar-refractivity contribution in [1.82, 2.24) is 19.6 Å². The number of morpholine rings is 1. The van der Waals surface area contributed by atoms with E-state index in [1.54, 1.807) is 45.8 Å². The average molecular weight is 539 g/mol. The predicted octanol–water partition coefficient (Wildman–Crippen LogP) is 4.04. The Morgan fingerprint density at radius 3 is 2.58 bits per heavy atom. The van der Waals surface area contributed by atoms with Gasteiger partial charge in [0.05, 0.1) is 25.3 Å². The Hall–Kier alpha value is -3.36. The molecule has 1 aliphatic heterocycles. The summed E-state index contributed by atoms with van der Waals surface area (Å²) in [5.41, 5.74) is 2.06. The fourth-order valence-corrected chi connectivity index (χ4v) is 4.82. The zero-order valence-corrected chi connectivity index (χ0v) is 23.0. The number of ether oxygens (including phenoxy) is 2. The molecule has 1 atom stereocenters. The minimum atomic E-state index is -0.972. The van der Waals surface area contributed by atoms with E-state index < -0.39 is 5.60 Å². The molecule has 1 aromatic heterocycles. The predicted molar refractivity (Wildman–Crippen MR) is 146 cm³/mol. The summed E-state index contributed by atoms with van der Waals surface area (Å²) in [5.74, 6) is 0.573. The smallest absolute Gasteiger partial charge is 0.225 e. The average Bonchev–Trinajstić information content (AvgIpc) is 3.24. The number of halogens is 1. The number of benzene rings is 2. The van der Waals surface area contributed by atoms with E-state index in [4.69, 9.17) is 21.1 Å². The van der Waals surface area contributed by atoms with Crippen LogP contribution in [0.1, 0.15) is 29.7 Å². The standard InChI is InChI=1S/C29H35ClN4O4/c1-22-24(19-33(3)31-22)9-14-27(35)34-15-16-38-29(20-34,21-37-26-12-10-25(30)11-13-26)17-28(36)32(2)18-23-7-5-4-6-8-23/h4-8,10-13,19H,9,14-18,20-21H2,1-3H3/t29-/m1/s1. The van der Waals surface area contributed by atoms with Crippen molar-refractivity contribution in [3.05, 3.63) is 82.6 Å². The highest BCUT2D eigenvalue weighted by atomic mass is 35.5. The number of amides is 2. The van der Waals surface area contributed by atoms with Crippen LogP contribution < -0.4 is 4.74 Å². The van der Waals surface area contributed by atoms with Gasteiger partial charge < -0.3 is 19.3 Å². The summed E-state index contributed by atoms with van der Waals surface area (Å²) in [7, 11) is 3.66. The Morgan fingerprint density at radius 1 is 1.16 bits per heavy atom. The number of aromatic nitrogens is 2. The molecule has 4 rings (SSSR count). The zero-order chi connectivity index (χ0) is 27.1. The Kier molecular flexibility index (Phi) is 9.07. The number of hydrogen-bond donors (Lipinski definition) is 0. The first-order chi connectivity index (χ1) is 18.2. The molecule has 0 unspecified atom stereocenters. The van der Waals surface area contributed by atoms with Gasteiger partial charge in [0.15, 0.2) is 0 Å². The van der Waals surface area contributed by atoms with Crippen molar-refractivity contribution in [1.29, 1.82) is 0 Å². The quantitative estimate of drug-likeness (QED) is 0.389.